The number of aliphatic carboxylic acids is 2. The highest BCUT2D eigenvalue weighted by Crippen LogP contribution is 2.30. The van der Waals surface area contributed by atoms with Crippen molar-refractivity contribution in [2.24, 2.45) is 5.41 Å². The summed E-state index contributed by atoms with van der Waals surface area (Å²) in [7, 11) is 0. The van der Waals surface area contributed by atoms with Gasteiger partial charge in [-0.2, -0.15) is 0 Å². The molecule has 0 bridgehead atoms. The fraction of sp³-hybridized carbons (Fsp3) is 0.429. The third kappa shape index (κ3) is 1.05. The van der Waals surface area contributed by atoms with Gasteiger partial charge in [0.2, 0.25) is 11.2 Å². The monoisotopic (exact) mass is 202 g/mol. The molecule has 1 aliphatic heterocycles. The maximum Gasteiger partial charge on any atom is 0.353 e. The predicted octanol–water partition coefficient (Wildman–Crippen LogP) is -1.34. The van der Waals surface area contributed by atoms with Crippen molar-refractivity contribution in [2.75, 3.05) is 0 Å². The van der Waals surface area contributed by atoms with Gasteiger partial charge in [0.25, 0.3) is 6.10 Å². The van der Waals surface area contributed by atoms with Crippen molar-refractivity contribution in [1.82, 2.24) is 0 Å². The average Bonchev–Trinajstić information content (AvgIpc) is 2.30. The zero-order valence-corrected chi connectivity index (χ0v) is 7.01. The second-order valence-electron chi connectivity index (χ2n) is 2.92. The standard InChI is InChI=1S/C7H6O7/c1-7(5(11)12)3(8)2(4(9)10)14-6(7)13/h2H,1H3,(H,9,10)(H,11,12)/t2-,7+/m1/s1. The van der Waals surface area contributed by atoms with Gasteiger partial charge in [-0.3, -0.25) is 14.4 Å². The minimum atomic E-state index is -2.40. The lowest BCUT2D eigenvalue weighted by Crippen LogP contribution is -2.41. The quantitative estimate of drug-likeness (QED) is 0.420. The number of ketones is 1. The number of esters is 1. The Labute approximate surface area is 77.3 Å². The largest absolute Gasteiger partial charge is 0.480 e. The van der Waals surface area contributed by atoms with Crippen LogP contribution in [0.5, 0.6) is 0 Å². The molecular weight excluding hydrogens is 196 g/mol. The molecule has 7 nitrogen and oxygen atoms in total. The van der Waals surface area contributed by atoms with Crippen molar-refractivity contribution in [2.45, 2.75) is 13.0 Å². The zero-order valence-electron chi connectivity index (χ0n) is 7.01. The number of carboxylic acid groups (broad SMARTS) is 2. The maximum absolute atomic E-state index is 11.2. The molecule has 1 heterocycles. The predicted molar refractivity (Wildman–Crippen MR) is 38.3 cm³/mol. The highest BCUT2D eigenvalue weighted by Gasteiger charge is 2.61. The first-order valence-corrected chi connectivity index (χ1v) is 3.53. The van der Waals surface area contributed by atoms with E-state index in [9.17, 15) is 19.2 Å². The van der Waals surface area contributed by atoms with Crippen LogP contribution in [0.15, 0.2) is 0 Å². The molecule has 1 saturated heterocycles. The molecule has 0 spiro atoms. The van der Waals surface area contributed by atoms with Crippen LogP contribution in [0.4, 0.5) is 0 Å². The first-order chi connectivity index (χ1) is 6.31. The lowest BCUT2D eigenvalue weighted by atomic mass is 9.86. The topological polar surface area (TPSA) is 118 Å². The molecule has 0 aromatic heterocycles. The van der Waals surface area contributed by atoms with Gasteiger partial charge in [-0.1, -0.05) is 0 Å². The van der Waals surface area contributed by atoms with Gasteiger partial charge >= 0.3 is 17.9 Å². The number of Topliss-reactive ketones (excluding diaryl/α,β-unsaturated/α-hetero) is 1. The molecule has 0 aliphatic carbocycles. The number of cyclic esters (lactones) is 1. The van der Waals surface area contributed by atoms with Crippen molar-refractivity contribution >= 4 is 23.7 Å². The van der Waals surface area contributed by atoms with Gasteiger partial charge in [0.1, 0.15) is 0 Å². The fourth-order valence-corrected chi connectivity index (χ4v) is 0.996. The number of carbonyl (C=O) groups excluding carboxylic acids is 2. The minimum absolute atomic E-state index is 0.822. The summed E-state index contributed by atoms with van der Waals surface area (Å²) in [4.78, 5) is 43.2. The Hall–Kier alpha value is -1.92. The Morgan fingerprint density at radius 3 is 2.07 bits per heavy atom. The summed E-state index contributed by atoms with van der Waals surface area (Å²) in [6.45, 7) is 0.822. The van der Waals surface area contributed by atoms with Crippen LogP contribution in [-0.2, 0) is 23.9 Å². The summed E-state index contributed by atoms with van der Waals surface area (Å²) in [6.07, 6.45) is -2.01. The third-order valence-corrected chi connectivity index (χ3v) is 2.02. The third-order valence-electron chi connectivity index (χ3n) is 2.02. The highest BCUT2D eigenvalue weighted by atomic mass is 16.6. The van der Waals surface area contributed by atoms with E-state index >= 15 is 0 Å². The molecule has 76 valence electrons. The molecule has 2 N–H and O–H groups in total. The van der Waals surface area contributed by atoms with Crippen molar-refractivity contribution in [1.29, 1.82) is 0 Å². The normalized spacial score (nSPS) is 31.4. The molecule has 1 rings (SSSR count). The van der Waals surface area contributed by atoms with Crippen molar-refractivity contribution in [3.8, 4) is 0 Å². The molecule has 0 radical (unpaired) electrons. The molecular formula is C7H6O7. The van der Waals surface area contributed by atoms with Crippen molar-refractivity contribution in [3.05, 3.63) is 0 Å². The lowest BCUT2D eigenvalue weighted by Gasteiger charge is -2.09. The van der Waals surface area contributed by atoms with E-state index in [1.54, 1.807) is 0 Å². The van der Waals surface area contributed by atoms with E-state index in [1.165, 1.54) is 0 Å². The van der Waals surface area contributed by atoms with Gasteiger partial charge in [-0.05, 0) is 6.92 Å². The number of rotatable bonds is 2. The molecule has 0 aromatic rings. The molecule has 0 unspecified atom stereocenters. The van der Waals surface area contributed by atoms with E-state index in [4.69, 9.17) is 10.2 Å². The van der Waals surface area contributed by atoms with Crippen LogP contribution in [0.2, 0.25) is 0 Å². The van der Waals surface area contributed by atoms with Gasteiger partial charge in [0.15, 0.2) is 0 Å². The Morgan fingerprint density at radius 2 is 1.86 bits per heavy atom. The summed E-state index contributed by atoms with van der Waals surface area (Å²) in [5.41, 5.74) is -2.40. The summed E-state index contributed by atoms with van der Waals surface area (Å²) in [6, 6.07) is 0. The van der Waals surface area contributed by atoms with E-state index in [1.807, 2.05) is 0 Å². The molecule has 1 aliphatic rings. The molecule has 2 atom stereocenters. The Bertz CT molecular complexity index is 344. The number of hydrogen-bond acceptors (Lipinski definition) is 5. The number of carboxylic acids is 2. The van der Waals surface area contributed by atoms with E-state index in [-0.39, 0.29) is 0 Å². The van der Waals surface area contributed by atoms with Crippen LogP contribution >= 0.6 is 0 Å². The van der Waals surface area contributed by atoms with Crippen molar-refractivity contribution in [3.63, 3.8) is 0 Å². The van der Waals surface area contributed by atoms with Crippen LogP contribution in [0, 0.1) is 5.41 Å². The Morgan fingerprint density at radius 1 is 1.36 bits per heavy atom. The summed E-state index contributed by atoms with van der Waals surface area (Å²) >= 11 is 0. The number of ether oxygens (including phenoxy) is 1. The van der Waals surface area contributed by atoms with Gasteiger partial charge in [0, 0.05) is 0 Å². The average molecular weight is 202 g/mol. The van der Waals surface area contributed by atoms with Gasteiger partial charge in [-0.25, -0.2) is 4.79 Å². The zero-order chi connectivity index (χ0) is 11.1. The second kappa shape index (κ2) is 2.79. The maximum atomic E-state index is 11.2. The van der Waals surface area contributed by atoms with Crippen LogP contribution in [0.1, 0.15) is 6.92 Å². The molecule has 0 amide bonds. The van der Waals surface area contributed by atoms with E-state index < -0.39 is 35.2 Å². The highest BCUT2D eigenvalue weighted by molar-refractivity contribution is 6.28. The second-order valence-corrected chi connectivity index (χ2v) is 2.92. The van der Waals surface area contributed by atoms with Gasteiger partial charge in [-0.15, -0.1) is 0 Å². The SMILES string of the molecule is C[C@]1(C(=O)O)C(=O)O[C@@H](C(=O)O)C1=O. The van der Waals surface area contributed by atoms with Crippen molar-refractivity contribution < 1.29 is 34.1 Å². The van der Waals surface area contributed by atoms with Crippen LogP contribution in [-0.4, -0.2) is 40.0 Å². The smallest absolute Gasteiger partial charge is 0.353 e. The molecule has 1 fully saturated rings. The minimum Gasteiger partial charge on any atom is -0.480 e. The summed E-state index contributed by atoms with van der Waals surface area (Å²) in [5, 5.41) is 17.0. The lowest BCUT2D eigenvalue weighted by molar-refractivity contribution is -0.163. The van der Waals surface area contributed by atoms with E-state index in [2.05, 4.69) is 4.74 Å². The molecule has 0 aromatic carbocycles. The Kier molecular flexibility index (Phi) is 2.03. The molecule has 7 heteroatoms. The van der Waals surface area contributed by atoms with Gasteiger partial charge in [0.05, 0.1) is 0 Å². The first kappa shape index (κ1) is 10.2. The summed E-state index contributed by atoms with van der Waals surface area (Å²) < 4.78 is 4.14. The van der Waals surface area contributed by atoms with Crippen LogP contribution in [0.3, 0.4) is 0 Å². The van der Waals surface area contributed by atoms with E-state index in [0.29, 0.717) is 0 Å². The first-order valence-electron chi connectivity index (χ1n) is 3.53. The molecule has 0 saturated carbocycles. The fourth-order valence-electron chi connectivity index (χ4n) is 0.996. The van der Waals surface area contributed by atoms with Gasteiger partial charge < -0.3 is 14.9 Å². The summed E-state index contributed by atoms with van der Waals surface area (Å²) in [5.74, 6) is -5.99. The van der Waals surface area contributed by atoms with Crippen LogP contribution < -0.4 is 0 Å². The van der Waals surface area contributed by atoms with E-state index in [0.717, 1.165) is 6.92 Å². The number of carbonyl (C=O) groups is 4. The number of hydrogen-bond donors (Lipinski definition) is 2. The van der Waals surface area contributed by atoms with Crippen LogP contribution in [0.25, 0.3) is 0 Å². The molecule has 14 heavy (non-hydrogen) atoms. The Balaban J connectivity index is 3.15.